The summed E-state index contributed by atoms with van der Waals surface area (Å²) in [5, 5.41) is 0. The first-order valence-electron chi connectivity index (χ1n) is 24.1. The van der Waals surface area contributed by atoms with Gasteiger partial charge >= 0.3 is 0 Å². The Morgan fingerprint density at radius 1 is 0.426 bits per heavy atom. The van der Waals surface area contributed by atoms with Gasteiger partial charge in [0.25, 0.3) is 0 Å². The van der Waals surface area contributed by atoms with Gasteiger partial charge in [-0.15, -0.1) is 0 Å². The van der Waals surface area contributed by atoms with Crippen LogP contribution in [0.3, 0.4) is 0 Å². The molecule has 0 saturated heterocycles. The Morgan fingerprint density at radius 2 is 0.820 bits per heavy atom. The van der Waals surface area contributed by atoms with E-state index in [0.717, 1.165) is 132 Å². The summed E-state index contributed by atoms with van der Waals surface area (Å²) in [5.74, 6) is 4.68. The fourth-order valence-electron chi connectivity index (χ4n) is 12.7. The van der Waals surface area contributed by atoms with Crippen LogP contribution in [0.25, 0.3) is 0 Å². The third-order valence-corrected chi connectivity index (χ3v) is 16.0. The number of ketones is 4. The maximum Gasteiger partial charge on any atom is 0.160 e. The average Bonchev–Trinajstić information content (AvgIpc) is 3.33. The zero-order chi connectivity index (χ0) is 42.7. The number of ether oxygens (including phenoxy) is 3. The van der Waals surface area contributed by atoms with Crippen molar-refractivity contribution < 1.29 is 33.4 Å². The van der Waals surface area contributed by atoms with Crippen molar-refractivity contribution >= 4 is 23.1 Å². The Kier molecular flexibility index (Phi) is 13.0. The third-order valence-electron chi connectivity index (χ3n) is 16.0. The van der Waals surface area contributed by atoms with E-state index >= 15 is 0 Å². The molecule has 6 aliphatic rings. The minimum atomic E-state index is -0.720. The summed E-state index contributed by atoms with van der Waals surface area (Å²) >= 11 is 0. The first-order chi connectivity index (χ1) is 29.7. The van der Waals surface area contributed by atoms with Gasteiger partial charge in [-0.2, -0.15) is 0 Å². The van der Waals surface area contributed by atoms with Crippen LogP contribution in [0.5, 0.6) is 17.2 Å². The highest BCUT2D eigenvalue weighted by molar-refractivity contribution is 6.32. The van der Waals surface area contributed by atoms with Crippen LogP contribution < -0.4 is 14.2 Å². The van der Waals surface area contributed by atoms with Crippen molar-refractivity contribution in [2.45, 2.75) is 161 Å². The van der Waals surface area contributed by atoms with Gasteiger partial charge in [-0.3, -0.25) is 19.2 Å². The fraction of sp³-hybridized carbons (Fsp3) is 0.593. The Labute approximate surface area is 364 Å². The van der Waals surface area contributed by atoms with Crippen LogP contribution in [0.1, 0.15) is 177 Å². The quantitative estimate of drug-likeness (QED) is 0.178. The molecular weight excluding hydrogens is 761 g/mol. The lowest BCUT2D eigenvalue weighted by Crippen LogP contribution is -2.69. The van der Waals surface area contributed by atoms with Crippen LogP contribution in [0, 0.1) is 21.7 Å². The van der Waals surface area contributed by atoms with Crippen LogP contribution >= 0.6 is 0 Å². The van der Waals surface area contributed by atoms with Gasteiger partial charge in [0.2, 0.25) is 0 Å². The van der Waals surface area contributed by atoms with E-state index in [0.29, 0.717) is 44.1 Å². The van der Waals surface area contributed by atoms with Crippen LogP contribution in [0.2, 0.25) is 0 Å². The van der Waals surface area contributed by atoms with Gasteiger partial charge in [0.05, 0.1) is 41.5 Å². The lowest BCUT2D eigenvalue weighted by atomic mass is 9.40. The highest BCUT2D eigenvalue weighted by Gasteiger charge is 2.73. The standard InChI is InChI=1S/C32H40O4.C22H28O3/c1-3-21-35-27-9-5-23(6-10-27)25-13-17-31(18-14-25)29(33)32(30(31)34)19-15-26(16-20-32)24-7-11-28(12-8-24)36-22-4-2;1-2-25-17-11-9-16(10-12-17)18-8-4-7-15-22(18)19(23)21(20(22)24)13-5-3-6-14-21/h5-12,25-26H,3-4,13-22H2,1-2H3;9-12,18H,2-8,13-15H2,1H3. The van der Waals surface area contributed by atoms with Gasteiger partial charge in [0.15, 0.2) is 23.1 Å². The Morgan fingerprint density at radius 3 is 1.25 bits per heavy atom. The predicted molar refractivity (Wildman–Crippen MR) is 239 cm³/mol. The number of Topliss-reactive ketones (excluding diaryl/α,β-unsaturated/α-hetero) is 4. The van der Waals surface area contributed by atoms with Crippen molar-refractivity contribution in [2.24, 2.45) is 21.7 Å². The minimum absolute atomic E-state index is 0.0597. The molecule has 9 rings (SSSR count). The van der Waals surface area contributed by atoms with E-state index in [1.54, 1.807) is 0 Å². The van der Waals surface area contributed by atoms with Crippen molar-refractivity contribution in [1.29, 1.82) is 0 Å². The second kappa shape index (κ2) is 18.2. The number of carbonyl (C=O) groups excluding carboxylic acids is 4. The Balaban J connectivity index is 0.000000180. The van der Waals surface area contributed by atoms with Crippen LogP contribution in [0.15, 0.2) is 72.8 Å². The smallest absolute Gasteiger partial charge is 0.160 e. The summed E-state index contributed by atoms with van der Waals surface area (Å²) < 4.78 is 17.0. The van der Waals surface area contributed by atoms with Crippen molar-refractivity contribution in [3.63, 3.8) is 0 Å². The second-order valence-corrected chi connectivity index (χ2v) is 19.3. The number of hydrogen-bond acceptors (Lipinski definition) is 7. The van der Waals surface area contributed by atoms with E-state index < -0.39 is 21.7 Å². The molecule has 3 aromatic carbocycles. The molecule has 1 atom stereocenters. The number of rotatable bonds is 11. The van der Waals surface area contributed by atoms with Crippen LogP contribution in [0.4, 0.5) is 0 Å². The summed E-state index contributed by atoms with van der Waals surface area (Å²) in [6, 6.07) is 24.9. The Hall–Kier alpha value is -4.26. The number of benzene rings is 3. The summed E-state index contributed by atoms with van der Waals surface area (Å²) in [6.07, 6.45) is 17.1. The van der Waals surface area contributed by atoms with E-state index in [2.05, 4.69) is 50.2 Å². The molecule has 0 radical (unpaired) electrons. The molecule has 326 valence electrons. The number of carbonyl (C=O) groups is 4. The van der Waals surface area contributed by atoms with E-state index in [1.807, 2.05) is 43.3 Å². The molecule has 0 heterocycles. The van der Waals surface area contributed by atoms with E-state index in [1.165, 1.54) is 11.1 Å². The summed E-state index contributed by atoms with van der Waals surface area (Å²) in [6.45, 7) is 8.30. The highest BCUT2D eigenvalue weighted by atomic mass is 16.5. The van der Waals surface area contributed by atoms with Crippen LogP contribution in [-0.4, -0.2) is 43.0 Å². The first kappa shape index (κ1) is 43.4. The lowest BCUT2D eigenvalue weighted by Gasteiger charge is -2.58. The second-order valence-electron chi connectivity index (χ2n) is 19.3. The van der Waals surface area contributed by atoms with Gasteiger partial charge in [-0.05, 0) is 162 Å². The van der Waals surface area contributed by atoms with Crippen molar-refractivity contribution in [2.75, 3.05) is 19.8 Å². The highest BCUT2D eigenvalue weighted by Crippen LogP contribution is 2.65. The topological polar surface area (TPSA) is 96.0 Å². The summed E-state index contributed by atoms with van der Waals surface area (Å²) in [4.78, 5) is 54.2. The zero-order valence-electron chi connectivity index (χ0n) is 37.1. The molecular formula is C54H68O7. The molecule has 7 heteroatoms. The van der Waals surface area contributed by atoms with Gasteiger partial charge in [0.1, 0.15) is 17.2 Å². The third kappa shape index (κ3) is 7.68. The largest absolute Gasteiger partial charge is 0.494 e. The van der Waals surface area contributed by atoms with E-state index in [4.69, 9.17) is 14.2 Å². The number of hydrogen-bond donors (Lipinski definition) is 0. The predicted octanol–water partition coefficient (Wildman–Crippen LogP) is 12.2. The maximum absolute atomic E-state index is 13.6. The summed E-state index contributed by atoms with van der Waals surface area (Å²) in [7, 11) is 0. The van der Waals surface area contributed by atoms with E-state index in [-0.39, 0.29) is 29.1 Å². The molecule has 6 fully saturated rings. The summed E-state index contributed by atoms with van der Waals surface area (Å²) in [5.41, 5.74) is 1.03. The first-order valence-corrected chi connectivity index (χ1v) is 24.1. The maximum atomic E-state index is 13.6. The molecule has 3 aromatic rings. The van der Waals surface area contributed by atoms with Gasteiger partial charge < -0.3 is 14.2 Å². The minimum Gasteiger partial charge on any atom is -0.494 e. The van der Waals surface area contributed by atoms with E-state index in [9.17, 15) is 19.2 Å². The molecule has 0 amide bonds. The molecule has 7 nitrogen and oxygen atoms in total. The van der Waals surface area contributed by atoms with Gasteiger partial charge in [-0.1, -0.05) is 82.3 Å². The molecule has 6 saturated carbocycles. The Bertz CT molecular complexity index is 1880. The molecule has 0 bridgehead atoms. The fourth-order valence-corrected chi connectivity index (χ4v) is 12.7. The average molecular weight is 829 g/mol. The van der Waals surface area contributed by atoms with Crippen molar-refractivity contribution in [3.05, 3.63) is 89.5 Å². The SMILES string of the molecule is CCCOc1ccc(C2CCC3(CC2)C(=O)C2(CCC(c4ccc(OCCC)cc4)CC2)C3=O)cc1.CCOc1ccc(C2CCCCC23C(=O)C2(CCCCC2)C3=O)cc1. The van der Waals surface area contributed by atoms with Crippen LogP contribution in [-0.2, 0) is 19.2 Å². The lowest BCUT2D eigenvalue weighted by molar-refractivity contribution is -0.179. The molecule has 0 N–H and O–H groups in total. The van der Waals surface area contributed by atoms with Crippen molar-refractivity contribution in [1.82, 2.24) is 0 Å². The molecule has 61 heavy (non-hydrogen) atoms. The van der Waals surface area contributed by atoms with Gasteiger partial charge in [0, 0.05) is 5.92 Å². The molecule has 0 aromatic heterocycles. The zero-order valence-corrected chi connectivity index (χ0v) is 37.1. The molecule has 6 aliphatic carbocycles. The molecule has 1 unspecified atom stereocenters. The van der Waals surface area contributed by atoms with Gasteiger partial charge in [-0.25, -0.2) is 0 Å². The molecule has 0 aliphatic heterocycles. The normalized spacial score (nSPS) is 28.8. The molecule has 4 spiro atoms. The monoisotopic (exact) mass is 828 g/mol. The van der Waals surface area contributed by atoms with Crippen molar-refractivity contribution in [3.8, 4) is 17.2 Å².